The molecule has 1 atom stereocenters. The summed E-state index contributed by atoms with van der Waals surface area (Å²) in [5, 5.41) is 2.85. The topological polar surface area (TPSA) is 96.0 Å². The molecule has 180 valence electrons. The van der Waals surface area contributed by atoms with Gasteiger partial charge in [-0.15, -0.1) is 0 Å². The number of hydrogen-bond acceptors (Lipinski definition) is 5. The highest BCUT2D eigenvalue weighted by Gasteiger charge is 2.43. The van der Waals surface area contributed by atoms with Crippen LogP contribution in [0.5, 0.6) is 0 Å². The molecule has 2 heterocycles. The molecule has 33 heavy (non-hydrogen) atoms. The molecule has 1 N–H and O–H groups in total. The van der Waals surface area contributed by atoms with Crippen LogP contribution in [0.15, 0.2) is 24.3 Å². The predicted octanol–water partition coefficient (Wildman–Crippen LogP) is 3.11. The fourth-order valence-corrected chi connectivity index (χ4v) is 4.80. The molecule has 2 aliphatic rings. The number of amides is 3. The normalized spacial score (nSPS) is 18.3. The third-order valence-electron chi connectivity index (χ3n) is 6.87. The molecule has 0 radical (unpaired) electrons. The molecule has 0 aliphatic carbocycles. The lowest BCUT2D eigenvalue weighted by atomic mass is 9.77. The van der Waals surface area contributed by atoms with Gasteiger partial charge in [-0.2, -0.15) is 0 Å². The number of nitrogens with zero attached hydrogens (tertiary/aromatic N) is 2. The van der Waals surface area contributed by atoms with Crippen molar-refractivity contribution in [2.24, 2.45) is 11.3 Å². The highest BCUT2D eigenvalue weighted by molar-refractivity contribution is 5.97. The van der Waals surface area contributed by atoms with E-state index in [4.69, 9.17) is 4.74 Å². The van der Waals surface area contributed by atoms with Crippen LogP contribution in [-0.4, -0.2) is 72.8 Å². The maximum Gasteiger partial charge on any atom is 0.328 e. The van der Waals surface area contributed by atoms with Crippen LogP contribution in [0.2, 0.25) is 0 Å². The molecule has 1 aromatic rings. The van der Waals surface area contributed by atoms with E-state index in [1.54, 1.807) is 29.2 Å². The van der Waals surface area contributed by atoms with Crippen LogP contribution in [0.4, 0.5) is 4.79 Å². The highest BCUT2D eigenvalue weighted by Crippen LogP contribution is 2.40. The lowest BCUT2D eigenvalue weighted by Gasteiger charge is -2.39. The van der Waals surface area contributed by atoms with Crippen LogP contribution in [0.3, 0.4) is 0 Å². The zero-order valence-corrected chi connectivity index (χ0v) is 20.1. The zero-order chi connectivity index (χ0) is 24.2. The van der Waals surface area contributed by atoms with E-state index >= 15 is 0 Å². The zero-order valence-electron chi connectivity index (χ0n) is 20.1. The molecule has 0 unspecified atom stereocenters. The Morgan fingerprint density at radius 3 is 2.03 bits per heavy atom. The molecule has 3 rings (SSSR count). The summed E-state index contributed by atoms with van der Waals surface area (Å²) >= 11 is 0. The van der Waals surface area contributed by atoms with Crippen molar-refractivity contribution in [1.82, 2.24) is 15.1 Å². The Balaban J connectivity index is 1.54. The Labute approximate surface area is 195 Å². The molecule has 8 heteroatoms. The van der Waals surface area contributed by atoms with Crippen LogP contribution in [-0.2, 0) is 9.53 Å². The molecule has 0 bridgehead atoms. The Morgan fingerprint density at radius 1 is 0.970 bits per heavy atom. The average molecular weight is 458 g/mol. The third kappa shape index (κ3) is 5.92. The molecule has 1 aromatic carbocycles. The average Bonchev–Trinajstić information content (AvgIpc) is 3.21. The molecular weight excluding hydrogens is 422 g/mol. The van der Waals surface area contributed by atoms with Gasteiger partial charge in [0.05, 0.1) is 7.11 Å². The van der Waals surface area contributed by atoms with Crippen molar-refractivity contribution in [3.63, 3.8) is 0 Å². The summed E-state index contributed by atoms with van der Waals surface area (Å²) in [5.41, 5.74) is 1.18. The van der Waals surface area contributed by atoms with Gasteiger partial charge >= 0.3 is 12.0 Å². The summed E-state index contributed by atoms with van der Waals surface area (Å²) < 4.78 is 4.85. The van der Waals surface area contributed by atoms with Crippen molar-refractivity contribution in [3.05, 3.63) is 35.4 Å². The summed E-state index contributed by atoms with van der Waals surface area (Å²) in [7, 11) is 1.33. The van der Waals surface area contributed by atoms with E-state index in [0.29, 0.717) is 43.7 Å². The van der Waals surface area contributed by atoms with Crippen LogP contribution in [0.1, 0.15) is 67.2 Å². The first-order valence-electron chi connectivity index (χ1n) is 11.7. The number of methoxy groups -OCH3 is 1. The number of Topliss-reactive ketones (excluding diaryl/α,β-unsaturated/α-hetero) is 1. The lowest BCUT2D eigenvalue weighted by molar-refractivity contribution is -0.143. The van der Waals surface area contributed by atoms with Gasteiger partial charge in [-0.3, -0.25) is 9.59 Å². The smallest absolute Gasteiger partial charge is 0.328 e. The Hall–Kier alpha value is -2.90. The number of nitrogens with one attached hydrogen (secondary N) is 1. The van der Waals surface area contributed by atoms with Gasteiger partial charge in [-0.1, -0.05) is 26.0 Å². The second kappa shape index (κ2) is 10.4. The maximum atomic E-state index is 12.9. The molecule has 2 aliphatic heterocycles. The molecule has 8 nitrogen and oxygen atoms in total. The number of hydrogen-bond donors (Lipinski definition) is 1. The second-order valence-electron chi connectivity index (χ2n) is 9.75. The van der Waals surface area contributed by atoms with Crippen LogP contribution in [0, 0.1) is 11.3 Å². The van der Waals surface area contributed by atoms with Crippen molar-refractivity contribution in [2.45, 2.75) is 52.5 Å². The minimum absolute atomic E-state index is 0.00537. The summed E-state index contributed by atoms with van der Waals surface area (Å²) in [4.78, 5) is 52.9. The molecule has 2 saturated heterocycles. The third-order valence-corrected chi connectivity index (χ3v) is 6.87. The first kappa shape index (κ1) is 24.7. The van der Waals surface area contributed by atoms with Gasteiger partial charge in [0.15, 0.2) is 5.78 Å². The SMILES string of the molecule is COC(=O)[C@H](CC(C)C)NC(=O)N1CCC2(CCN(C(=O)c3ccc(C(C)=O)cc3)CC2)C1. The number of carbonyl (C=O) groups is 4. The van der Waals surface area contributed by atoms with E-state index in [9.17, 15) is 19.2 Å². The van der Waals surface area contributed by atoms with E-state index in [0.717, 1.165) is 19.3 Å². The first-order chi connectivity index (χ1) is 15.6. The standard InChI is InChI=1S/C25H35N3O5/c1-17(2)15-21(23(31)33-4)26-24(32)28-14-11-25(16-28)9-12-27(13-10-25)22(30)20-7-5-19(6-8-20)18(3)29/h5-8,17,21H,9-16H2,1-4H3,(H,26,32)/t21-/m0/s1. The monoisotopic (exact) mass is 457 g/mol. The fourth-order valence-electron chi connectivity index (χ4n) is 4.80. The van der Waals surface area contributed by atoms with Crippen LogP contribution in [0.25, 0.3) is 0 Å². The Bertz CT molecular complexity index is 888. The van der Waals surface area contributed by atoms with Crippen molar-refractivity contribution < 1.29 is 23.9 Å². The van der Waals surface area contributed by atoms with Crippen LogP contribution < -0.4 is 5.32 Å². The fraction of sp³-hybridized carbons (Fsp3) is 0.600. The molecular formula is C25H35N3O5. The second-order valence-corrected chi connectivity index (χ2v) is 9.75. The first-order valence-corrected chi connectivity index (χ1v) is 11.7. The van der Waals surface area contributed by atoms with Crippen LogP contribution >= 0.6 is 0 Å². The quantitative estimate of drug-likeness (QED) is 0.523. The lowest BCUT2D eigenvalue weighted by Crippen LogP contribution is -2.49. The van der Waals surface area contributed by atoms with Gasteiger partial charge in [-0.25, -0.2) is 9.59 Å². The van der Waals surface area contributed by atoms with Gasteiger partial charge in [0.25, 0.3) is 5.91 Å². The number of esters is 1. The minimum atomic E-state index is -0.645. The van der Waals surface area contributed by atoms with E-state index in [1.807, 2.05) is 18.7 Å². The molecule has 1 spiro atoms. The highest BCUT2D eigenvalue weighted by atomic mass is 16.5. The van der Waals surface area contributed by atoms with E-state index in [1.165, 1.54) is 14.0 Å². The molecule has 2 fully saturated rings. The van der Waals surface area contributed by atoms with E-state index in [-0.39, 0.29) is 29.1 Å². The molecule has 3 amide bonds. The van der Waals surface area contributed by atoms with Crippen molar-refractivity contribution >= 4 is 23.7 Å². The van der Waals surface area contributed by atoms with E-state index in [2.05, 4.69) is 5.32 Å². The Kier molecular flexibility index (Phi) is 7.76. The largest absolute Gasteiger partial charge is 0.467 e. The number of rotatable bonds is 6. The number of likely N-dealkylation sites (tertiary alicyclic amines) is 2. The Morgan fingerprint density at radius 2 is 1.52 bits per heavy atom. The summed E-state index contributed by atoms with van der Waals surface area (Å²) in [6, 6.07) is 5.92. The van der Waals surface area contributed by atoms with Gasteiger partial charge in [0, 0.05) is 37.3 Å². The molecule has 0 aromatic heterocycles. The number of carbonyl (C=O) groups excluding carboxylic acids is 4. The maximum absolute atomic E-state index is 12.9. The summed E-state index contributed by atoms with van der Waals surface area (Å²) in [6.45, 7) is 8.05. The molecule has 0 saturated carbocycles. The van der Waals surface area contributed by atoms with E-state index < -0.39 is 12.0 Å². The van der Waals surface area contributed by atoms with Gasteiger partial charge < -0.3 is 19.9 Å². The van der Waals surface area contributed by atoms with Crippen molar-refractivity contribution in [1.29, 1.82) is 0 Å². The number of benzene rings is 1. The number of ether oxygens (including phenoxy) is 1. The number of urea groups is 1. The minimum Gasteiger partial charge on any atom is -0.467 e. The summed E-state index contributed by atoms with van der Waals surface area (Å²) in [5.74, 6) is -0.220. The van der Waals surface area contributed by atoms with Gasteiger partial charge in [0.2, 0.25) is 0 Å². The van der Waals surface area contributed by atoms with Crippen molar-refractivity contribution in [2.75, 3.05) is 33.3 Å². The predicted molar refractivity (Wildman–Crippen MR) is 124 cm³/mol. The van der Waals surface area contributed by atoms with Crippen molar-refractivity contribution in [3.8, 4) is 0 Å². The number of piperidine rings is 1. The van der Waals surface area contributed by atoms with Gasteiger partial charge in [-0.05, 0) is 56.1 Å². The number of ketones is 1. The summed E-state index contributed by atoms with van der Waals surface area (Å²) in [6.07, 6.45) is 3.09. The van der Waals surface area contributed by atoms with Gasteiger partial charge in [0.1, 0.15) is 6.04 Å².